The molecule has 15 heavy (non-hydrogen) atoms. The van der Waals surface area contributed by atoms with E-state index in [0.717, 1.165) is 13.0 Å². The van der Waals surface area contributed by atoms with Gasteiger partial charge in [0.15, 0.2) is 0 Å². The lowest BCUT2D eigenvalue weighted by atomic mass is 10.1. The van der Waals surface area contributed by atoms with Crippen LogP contribution in [-0.4, -0.2) is 24.3 Å². The molecular weight excluding hydrogens is 186 g/mol. The second kappa shape index (κ2) is 4.23. The minimum Gasteiger partial charge on any atom is -0.394 e. The maximum atomic E-state index is 9.30. The lowest BCUT2D eigenvalue weighted by molar-refractivity contribution is 0.266. The van der Waals surface area contributed by atoms with Crippen LogP contribution >= 0.6 is 0 Å². The molecule has 82 valence electrons. The summed E-state index contributed by atoms with van der Waals surface area (Å²) in [5.74, 6) is 0. The van der Waals surface area contributed by atoms with E-state index in [2.05, 4.69) is 36.9 Å². The molecule has 0 spiro atoms. The fourth-order valence-electron chi connectivity index (χ4n) is 2.47. The van der Waals surface area contributed by atoms with E-state index in [1.54, 1.807) is 0 Å². The second-order valence-corrected chi connectivity index (χ2v) is 4.46. The quantitative estimate of drug-likeness (QED) is 0.800. The monoisotopic (exact) mass is 205 g/mol. The predicted octanol–water partition coefficient (Wildman–Crippen LogP) is 2.26. The highest BCUT2D eigenvalue weighted by Gasteiger charge is 2.24. The van der Waals surface area contributed by atoms with E-state index >= 15 is 0 Å². The van der Waals surface area contributed by atoms with Crippen molar-refractivity contribution >= 4 is 5.69 Å². The molecule has 1 aromatic rings. The minimum absolute atomic E-state index is 0.271. The van der Waals surface area contributed by atoms with Crippen LogP contribution in [0.15, 0.2) is 18.2 Å². The Labute approximate surface area is 91.5 Å². The zero-order chi connectivity index (χ0) is 10.8. The molecular formula is C13H19NO. The Bertz CT molecular complexity index is 348. The van der Waals surface area contributed by atoms with Gasteiger partial charge in [-0.1, -0.05) is 17.7 Å². The fraction of sp³-hybridized carbons (Fsp3) is 0.538. The number of hydrogen-bond donors (Lipinski definition) is 1. The van der Waals surface area contributed by atoms with Crippen LogP contribution in [0, 0.1) is 13.8 Å². The zero-order valence-corrected chi connectivity index (χ0v) is 9.53. The molecule has 2 nitrogen and oxygen atoms in total. The van der Waals surface area contributed by atoms with Crippen molar-refractivity contribution < 1.29 is 5.11 Å². The third-order valence-electron chi connectivity index (χ3n) is 3.25. The van der Waals surface area contributed by atoms with Crippen LogP contribution in [0.2, 0.25) is 0 Å². The van der Waals surface area contributed by atoms with E-state index < -0.39 is 0 Å². The number of benzene rings is 1. The first-order chi connectivity index (χ1) is 7.22. The highest BCUT2D eigenvalue weighted by Crippen LogP contribution is 2.28. The maximum Gasteiger partial charge on any atom is 0.0635 e. The van der Waals surface area contributed by atoms with E-state index in [0.29, 0.717) is 6.04 Å². The van der Waals surface area contributed by atoms with Gasteiger partial charge in [-0.15, -0.1) is 0 Å². The van der Waals surface area contributed by atoms with Crippen LogP contribution in [0.5, 0.6) is 0 Å². The highest BCUT2D eigenvalue weighted by molar-refractivity contribution is 5.55. The average Bonchev–Trinajstić information content (AvgIpc) is 2.65. The summed E-state index contributed by atoms with van der Waals surface area (Å²) < 4.78 is 0. The zero-order valence-electron chi connectivity index (χ0n) is 9.53. The highest BCUT2D eigenvalue weighted by atomic mass is 16.3. The number of nitrogens with zero attached hydrogens (tertiary/aromatic N) is 1. The van der Waals surface area contributed by atoms with Crippen molar-refractivity contribution in [2.24, 2.45) is 0 Å². The summed E-state index contributed by atoms with van der Waals surface area (Å²) in [4.78, 5) is 2.34. The van der Waals surface area contributed by atoms with E-state index in [9.17, 15) is 5.11 Å². The Morgan fingerprint density at radius 3 is 2.87 bits per heavy atom. The molecule has 1 N–H and O–H groups in total. The van der Waals surface area contributed by atoms with E-state index in [1.807, 2.05) is 0 Å². The van der Waals surface area contributed by atoms with Gasteiger partial charge in [0.25, 0.3) is 0 Å². The van der Waals surface area contributed by atoms with Gasteiger partial charge in [0, 0.05) is 12.2 Å². The van der Waals surface area contributed by atoms with Gasteiger partial charge >= 0.3 is 0 Å². The molecule has 2 rings (SSSR count). The molecule has 0 aliphatic carbocycles. The van der Waals surface area contributed by atoms with Crippen molar-refractivity contribution in [3.63, 3.8) is 0 Å². The van der Waals surface area contributed by atoms with E-state index in [1.165, 1.54) is 23.2 Å². The molecule has 0 saturated carbocycles. The van der Waals surface area contributed by atoms with Crippen LogP contribution in [0.1, 0.15) is 24.0 Å². The first-order valence-electron chi connectivity index (χ1n) is 5.67. The summed E-state index contributed by atoms with van der Waals surface area (Å²) in [7, 11) is 0. The molecule has 1 aliphatic rings. The summed E-state index contributed by atoms with van der Waals surface area (Å²) in [5, 5.41) is 9.30. The SMILES string of the molecule is Cc1ccc(N2CCCC2CO)c(C)c1. The van der Waals surface area contributed by atoms with Crippen LogP contribution in [0.3, 0.4) is 0 Å². The molecule has 1 unspecified atom stereocenters. The lowest BCUT2D eigenvalue weighted by Gasteiger charge is -2.27. The summed E-state index contributed by atoms with van der Waals surface area (Å²) in [6, 6.07) is 6.86. The van der Waals surface area contributed by atoms with Crippen molar-refractivity contribution in [2.75, 3.05) is 18.1 Å². The van der Waals surface area contributed by atoms with Gasteiger partial charge in [0.05, 0.1) is 12.6 Å². The summed E-state index contributed by atoms with van der Waals surface area (Å²) in [6.07, 6.45) is 2.31. The standard InChI is InChI=1S/C13H19NO/c1-10-5-6-13(11(2)8-10)14-7-3-4-12(14)9-15/h5-6,8,12,15H,3-4,7,9H2,1-2H3. The number of aliphatic hydroxyl groups excluding tert-OH is 1. The molecule has 0 bridgehead atoms. The van der Waals surface area contributed by atoms with Crippen molar-refractivity contribution in [3.05, 3.63) is 29.3 Å². The van der Waals surface area contributed by atoms with Crippen molar-refractivity contribution in [2.45, 2.75) is 32.7 Å². The fourth-order valence-corrected chi connectivity index (χ4v) is 2.47. The molecule has 1 saturated heterocycles. The minimum atomic E-state index is 0.271. The number of hydrogen-bond acceptors (Lipinski definition) is 2. The van der Waals surface area contributed by atoms with Crippen molar-refractivity contribution in [3.8, 4) is 0 Å². The van der Waals surface area contributed by atoms with E-state index in [4.69, 9.17) is 0 Å². The third kappa shape index (κ3) is 2.00. The maximum absolute atomic E-state index is 9.30. The van der Waals surface area contributed by atoms with Crippen molar-refractivity contribution in [1.82, 2.24) is 0 Å². The van der Waals surface area contributed by atoms with Gasteiger partial charge in [-0.2, -0.15) is 0 Å². The Kier molecular flexibility index (Phi) is 2.96. The van der Waals surface area contributed by atoms with Gasteiger partial charge in [-0.05, 0) is 38.3 Å². The van der Waals surface area contributed by atoms with Gasteiger partial charge in [-0.3, -0.25) is 0 Å². The Morgan fingerprint density at radius 2 is 2.20 bits per heavy atom. The summed E-state index contributed by atoms with van der Waals surface area (Å²) >= 11 is 0. The smallest absolute Gasteiger partial charge is 0.0635 e. The van der Waals surface area contributed by atoms with Crippen LogP contribution in [0.4, 0.5) is 5.69 Å². The molecule has 1 heterocycles. The van der Waals surface area contributed by atoms with Crippen LogP contribution in [-0.2, 0) is 0 Å². The third-order valence-corrected chi connectivity index (χ3v) is 3.25. The number of anilines is 1. The largest absolute Gasteiger partial charge is 0.394 e. The van der Waals surface area contributed by atoms with Crippen LogP contribution < -0.4 is 4.90 Å². The van der Waals surface area contributed by atoms with Crippen LogP contribution in [0.25, 0.3) is 0 Å². The number of aryl methyl sites for hydroxylation is 2. The van der Waals surface area contributed by atoms with Gasteiger partial charge in [0.2, 0.25) is 0 Å². The number of aliphatic hydroxyl groups is 1. The van der Waals surface area contributed by atoms with Gasteiger partial charge < -0.3 is 10.0 Å². The first-order valence-corrected chi connectivity index (χ1v) is 5.67. The summed E-state index contributed by atoms with van der Waals surface area (Å²) in [5.41, 5.74) is 3.91. The first kappa shape index (κ1) is 10.5. The Balaban J connectivity index is 2.28. The predicted molar refractivity (Wildman–Crippen MR) is 63.4 cm³/mol. The summed E-state index contributed by atoms with van der Waals surface area (Å²) in [6.45, 7) is 5.61. The normalized spacial score (nSPS) is 21.0. The number of rotatable bonds is 2. The molecule has 2 heteroatoms. The second-order valence-electron chi connectivity index (χ2n) is 4.46. The average molecular weight is 205 g/mol. The van der Waals surface area contributed by atoms with Gasteiger partial charge in [-0.25, -0.2) is 0 Å². The molecule has 0 aromatic heterocycles. The molecule has 0 radical (unpaired) electrons. The van der Waals surface area contributed by atoms with E-state index in [-0.39, 0.29) is 6.61 Å². The van der Waals surface area contributed by atoms with Gasteiger partial charge in [0.1, 0.15) is 0 Å². The molecule has 1 atom stereocenters. The molecule has 1 aromatic carbocycles. The molecule has 0 amide bonds. The molecule has 1 aliphatic heterocycles. The van der Waals surface area contributed by atoms with Crippen molar-refractivity contribution in [1.29, 1.82) is 0 Å². The Hall–Kier alpha value is -1.02. The molecule has 1 fully saturated rings. The lowest BCUT2D eigenvalue weighted by Crippen LogP contribution is -2.32. The topological polar surface area (TPSA) is 23.5 Å². The Morgan fingerprint density at radius 1 is 1.40 bits per heavy atom.